The van der Waals surface area contributed by atoms with Gasteiger partial charge in [-0.1, -0.05) is 36.9 Å². The number of ether oxygens (including phenoxy) is 2. The van der Waals surface area contributed by atoms with Crippen LogP contribution in [0.4, 0.5) is 0 Å². The normalized spacial score (nSPS) is 20.8. The van der Waals surface area contributed by atoms with Crippen LogP contribution in [0, 0.1) is 0 Å². The molecule has 0 aromatic heterocycles. The Morgan fingerprint density at radius 3 is 2.71 bits per heavy atom. The summed E-state index contributed by atoms with van der Waals surface area (Å²) in [6, 6.07) is 10.6. The molecule has 5 rings (SSSR count). The zero-order chi connectivity index (χ0) is 24.5. The molecule has 176 valence electrons. The first-order valence-electron chi connectivity index (χ1n) is 11.9. The second-order valence-corrected chi connectivity index (χ2v) is 8.77. The van der Waals surface area contributed by atoms with Gasteiger partial charge in [-0.25, -0.2) is 0 Å². The molecule has 34 heavy (non-hydrogen) atoms. The molecule has 2 aromatic carbocycles. The Morgan fingerprint density at radius 2 is 1.94 bits per heavy atom. The molecule has 3 aliphatic rings. The summed E-state index contributed by atoms with van der Waals surface area (Å²) < 4.78 is 19.4. The fraction of sp³-hybridized carbons (Fsp3) is 0.346. The van der Waals surface area contributed by atoms with Crippen molar-refractivity contribution in [1.29, 1.82) is 0 Å². The van der Waals surface area contributed by atoms with E-state index in [9.17, 15) is 14.4 Å². The minimum absolute atomic E-state index is 0.00739. The summed E-state index contributed by atoms with van der Waals surface area (Å²) in [5.74, 6) is -0.0116. The van der Waals surface area contributed by atoms with E-state index in [2.05, 4.69) is 11.9 Å². The zero-order valence-corrected chi connectivity index (χ0v) is 18.8. The highest BCUT2D eigenvalue weighted by Crippen LogP contribution is 2.34. The third-order valence-corrected chi connectivity index (χ3v) is 6.46. The van der Waals surface area contributed by atoms with Gasteiger partial charge in [-0.2, -0.15) is 0 Å². The predicted molar refractivity (Wildman–Crippen MR) is 124 cm³/mol. The van der Waals surface area contributed by atoms with Gasteiger partial charge < -0.3 is 24.6 Å². The number of piperidine rings is 1. The van der Waals surface area contributed by atoms with Crippen LogP contribution in [0.3, 0.4) is 0 Å². The molecular formula is C26H27N3O5. The molecule has 0 saturated carbocycles. The van der Waals surface area contributed by atoms with Crippen LogP contribution in [0.2, 0.25) is 0 Å². The van der Waals surface area contributed by atoms with E-state index < -0.39 is 6.04 Å². The Hall–Kier alpha value is -3.65. The first-order chi connectivity index (χ1) is 16.9. The van der Waals surface area contributed by atoms with Gasteiger partial charge in [0.05, 0.1) is 14.5 Å². The number of nitrogens with zero attached hydrogens (tertiary/aromatic N) is 2. The molecular weight excluding hydrogens is 434 g/mol. The highest BCUT2D eigenvalue weighted by Gasteiger charge is 2.39. The van der Waals surface area contributed by atoms with Gasteiger partial charge in [0, 0.05) is 29.9 Å². The zero-order valence-electron chi connectivity index (χ0n) is 19.8. The molecule has 0 spiro atoms. The Morgan fingerprint density at radius 1 is 1.15 bits per heavy atom. The average Bonchev–Trinajstić information content (AvgIpc) is 3.16. The maximum Gasteiger partial charge on any atom is 0.255 e. The minimum Gasteiger partial charge on any atom is -0.489 e. The fourth-order valence-electron chi connectivity index (χ4n) is 4.54. The van der Waals surface area contributed by atoms with Crippen LogP contribution in [-0.2, 0) is 34.0 Å². The van der Waals surface area contributed by atoms with Crippen LogP contribution < -0.4 is 10.1 Å². The van der Waals surface area contributed by atoms with Crippen LogP contribution >= 0.6 is 0 Å². The molecule has 1 unspecified atom stereocenters. The number of carbonyl (C=O) groups excluding carboxylic acids is 3. The summed E-state index contributed by atoms with van der Waals surface area (Å²) in [5.41, 5.74) is 3.72. The van der Waals surface area contributed by atoms with Crippen molar-refractivity contribution in [2.45, 2.75) is 38.6 Å². The van der Waals surface area contributed by atoms with Gasteiger partial charge in [0.25, 0.3) is 5.91 Å². The first kappa shape index (κ1) is 20.9. The molecule has 0 bridgehead atoms. The van der Waals surface area contributed by atoms with Crippen LogP contribution in [0.5, 0.6) is 5.75 Å². The lowest BCUT2D eigenvalue weighted by molar-refractivity contribution is -0.143. The minimum atomic E-state index is -0.562. The summed E-state index contributed by atoms with van der Waals surface area (Å²) in [7, 11) is 0. The third-order valence-electron chi connectivity index (χ3n) is 6.46. The molecule has 8 heteroatoms. The number of fused-ring (bicyclic) bond motifs is 1. The summed E-state index contributed by atoms with van der Waals surface area (Å²) in [4.78, 5) is 40.8. The van der Waals surface area contributed by atoms with E-state index in [-0.39, 0.29) is 43.5 Å². The summed E-state index contributed by atoms with van der Waals surface area (Å²) in [6.07, 6.45) is 1.15. The Kier molecular flexibility index (Phi) is 5.73. The van der Waals surface area contributed by atoms with Crippen molar-refractivity contribution < 1.29 is 25.2 Å². The number of carbonyl (C=O) groups is 3. The van der Waals surface area contributed by atoms with Gasteiger partial charge >= 0.3 is 0 Å². The van der Waals surface area contributed by atoms with Crippen molar-refractivity contribution in [3.63, 3.8) is 0 Å². The second-order valence-electron chi connectivity index (χ2n) is 8.77. The number of allylic oxidation sites excluding steroid dienone is 1. The van der Waals surface area contributed by atoms with Gasteiger partial charge in [0.2, 0.25) is 11.8 Å². The fourth-order valence-corrected chi connectivity index (χ4v) is 4.54. The van der Waals surface area contributed by atoms with Crippen LogP contribution in [0.25, 0.3) is 0 Å². The van der Waals surface area contributed by atoms with E-state index in [1.54, 1.807) is 15.9 Å². The average molecular weight is 463 g/mol. The Bertz CT molecular complexity index is 1200. The van der Waals surface area contributed by atoms with Crippen molar-refractivity contribution >= 4 is 17.7 Å². The summed E-state index contributed by atoms with van der Waals surface area (Å²) >= 11 is 0. The number of benzene rings is 2. The van der Waals surface area contributed by atoms with Gasteiger partial charge in [-0.15, -0.1) is 0 Å². The topological polar surface area (TPSA) is 88.2 Å². The van der Waals surface area contributed by atoms with E-state index >= 15 is 0 Å². The lowest BCUT2D eigenvalue weighted by atomic mass is 10.0. The molecule has 8 nitrogen and oxygen atoms in total. The molecule has 3 aliphatic heterocycles. The number of hydrogen-bond donors (Lipinski definition) is 1. The van der Waals surface area contributed by atoms with E-state index in [1.807, 2.05) is 24.3 Å². The van der Waals surface area contributed by atoms with E-state index in [0.29, 0.717) is 55.1 Å². The third kappa shape index (κ3) is 4.41. The molecule has 3 amide bonds. The quantitative estimate of drug-likeness (QED) is 0.712. The summed E-state index contributed by atoms with van der Waals surface area (Å²) in [5, 5.41) is 2.74. The van der Waals surface area contributed by atoms with Crippen LogP contribution in [0.15, 0.2) is 54.7 Å². The molecule has 1 atom stereocenters. The highest BCUT2D eigenvalue weighted by atomic mass is 16.5. The molecule has 2 aromatic rings. The highest BCUT2D eigenvalue weighted by molar-refractivity contribution is 6.02. The molecule has 0 radical (unpaired) electrons. The number of amides is 3. The van der Waals surface area contributed by atoms with Gasteiger partial charge in [-0.05, 0) is 36.1 Å². The Labute approximate surface area is 199 Å². The van der Waals surface area contributed by atoms with Gasteiger partial charge in [0.1, 0.15) is 25.0 Å². The Balaban J connectivity index is 1.26. The van der Waals surface area contributed by atoms with E-state index in [1.165, 1.54) is 6.07 Å². The molecule has 2 saturated heterocycles. The van der Waals surface area contributed by atoms with Crippen molar-refractivity contribution in [2.75, 3.05) is 19.8 Å². The lowest BCUT2D eigenvalue weighted by Crippen LogP contribution is -2.49. The van der Waals surface area contributed by atoms with Crippen LogP contribution in [0.1, 0.15) is 41.3 Å². The molecule has 1 N–H and O–H groups in total. The lowest BCUT2D eigenvalue weighted by Gasteiger charge is -2.31. The number of nitrogens with one attached hydrogen (secondary N) is 1. The standard InChI is InChI=1S/C26H27N3O5/c1-17-5-10-22(25(31)27-17)29-14-21-20(26(29)32)3-2-4-23(21)34-15-19-8-6-18(7-9-19)13-28-11-12-33-16-24(28)30/h2-4,6-9,22H,1,5,10-16H2,(H,27,31)/i2D. The monoisotopic (exact) mass is 462 g/mol. The van der Waals surface area contributed by atoms with Crippen LogP contribution in [-0.4, -0.2) is 53.3 Å². The maximum absolute atomic E-state index is 13.1. The number of morpholine rings is 1. The molecule has 2 fully saturated rings. The van der Waals surface area contributed by atoms with Crippen molar-refractivity contribution in [2.24, 2.45) is 0 Å². The smallest absolute Gasteiger partial charge is 0.255 e. The van der Waals surface area contributed by atoms with E-state index in [4.69, 9.17) is 10.8 Å². The second kappa shape index (κ2) is 9.30. The van der Waals surface area contributed by atoms with Crippen molar-refractivity contribution in [3.05, 3.63) is 77.0 Å². The van der Waals surface area contributed by atoms with Crippen molar-refractivity contribution in [1.82, 2.24) is 15.1 Å². The summed E-state index contributed by atoms with van der Waals surface area (Å²) in [6.45, 7) is 6.14. The number of rotatable bonds is 6. The van der Waals surface area contributed by atoms with Gasteiger partial charge in [-0.3, -0.25) is 14.4 Å². The number of hydrogen-bond acceptors (Lipinski definition) is 5. The first-order valence-corrected chi connectivity index (χ1v) is 11.4. The molecule has 3 heterocycles. The molecule has 0 aliphatic carbocycles. The van der Waals surface area contributed by atoms with Crippen molar-refractivity contribution in [3.8, 4) is 5.75 Å². The van der Waals surface area contributed by atoms with Gasteiger partial charge in [0.15, 0.2) is 0 Å². The van der Waals surface area contributed by atoms with E-state index in [0.717, 1.165) is 11.1 Å². The largest absolute Gasteiger partial charge is 0.489 e. The predicted octanol–water partition coefficient (Wildman–Crippen LogP) is 2.37. The maximum atomic E-state index is 13.1. The SMILES string of the molecule is [2H]c1cc(OCc2ccc(CN3CCOCC3=O)cc2)c2c(c1)C(=O)N(C1CCC(=C)NC1=O)C2.